The lowest BCUT2D eigenvalue weighted by atomic mass is 10.1. The number of anilines is 1. The number of carbonyl (C=O) groups is 1. The van der Waals surface area contributed by atoms with E-state index in [1.165, 1.54) is 4.90 Å². The third-order valence-electron chi connectivity index (χ3n) is 3.03. The van der Waals surface area contributed by atoms with Crippen molar-refractivity contribution in [3.8, 4) is 0 Å². The Hall–Kier alpha value is -0.800. The molecule has 0 spiro atoms. The molecule has 5 heteroatoms. The van der Waals surface area contributed by atoms with Crippen molar-refractivity contribution in [2.75, 3.05) is 11.9 Å². The van der Waals surface area contributed by atoms with Crippen LogP contribution in [0.3, 0.4) is 0 Å². The molecule has 0 saturated heterocycles. The first-order valence-electron chi connectivity index (χ1n) is 4.95. The van der Waals surface area contributed by atoms with Crippen molar-refractivity contribution in [2.24, 2.45) is 5.41 Å². The Labute approximate surface area is 104 Å². The Morgan fingerprint density at radius 2 is 2.12 bits per heavy atom. The molecule has 0 unspecified atom stereocenters. The molecule has 1 aliphatic rings. The van der Waals surface area contributed by atoms with Crippen molar-refractivity contribution in [3.05, 3.63) is 24.4 Å². The summed E-state index contributed by atoms with van der Waals surface area (Å²) >= 11 is 11.9. The van der Waals surface area contributed by atoms with E-state index in [0.717, 1.165) is 0 Å². The quantitative estimate of drug-likeness (QED) is 0.765. The minimum Gasteiger partial charge on any atom is -0.299 e. The molecule has 1 aromatic heterocycles. The number of halogens is 2. The number of pyridine rings is 1. The molecule has 2 rings (SSSR count). The minimum absolute atomic E-state index is 0.101. The highest BCUT2D eigenvalue weighted by molar-refractivity contribution is 6.53. The summed E-state index contributed by atoms with van der Waals surface area (Å²) in [6.07, 6.45) is 2.13. The van der Waals surface area contributed by atoms with E-state index in [2.05, 4.69) is 4.98 Å². The van der Waals surface area contributed by atoms with Crippen molar-refractivity contribution in [1.82, 2.24) is 4.98 Å². The smallest absolute Gasteiger partial charge is 0.236 e. The predicted octanol–water partition coefficient (Wildman–Crippen LogP) is 2.63. The van der Waals surface area contributed by atoms with Gasteiger partial charge >= 0.3 is 0 Å². The number of rotatable bonds is 2. The number of aromatic nitrogens is 1. The lowest BCUT2D eigenvalue weighted by molar-refractivity contribution is -0.122. The van der Waals surface area contributed by atoms with Gasteiger partial charge in [-0.2, -0.15) is 0 Å². The minimum atomic E-state index is -0.937. The first kappa shape index (κ1) is 11.7. The number of amides is 1. The van der Waals surface area contributed by atoms with E-state index in [9.17, 15) is 4.79 Å². The van der Waals surface area contributed by atoms with E-state index >= 15 is 0 Å². The molecule has 0 radical (unpaired) electrons. The number of alkyl halides is 2. The van der Waals surface area contributed by atoms with Crippen LogP contribution in [0.2, 0.25) is 0 Å². The molecule has 1 aromatic rings. The summed E-state index contributed by atoms with van der Waals surface area (Å²) in [5.74, 6) is 0.501. The van der Waals surface area contributed by atoms with Gasteiger partial charge in [-0.15, -0.1) is 23.2 Å². The monoisotopic (exact) mass is 258 g/mol. The Balaban J connectivity index is 2.19. The number of nitrogens with zero attached hydrogens (tertiary/aromatic N) is 2. The second kappa shape index (κ2) is 3.60. The van der Waals surface area contributed by atoms with Gasteiger partial charge in [-0.1, -0.05) is 6.07 Å². The second-order valence-corrected chi connectivity index (χ2v) is 5.75. The van der Waals surface area contributed by atoms with Crippen LogP contribution in [0.1, 0.15) is 13.3 Å². The molecule has 1 aliphatic carbocycles. The maximum absolute atomic E-state index is 12.2. The zero-order valence-electron chi connectivity index (χ0n) is 9.08. The highest BCUT2D eigenvalue weighted by atomic mass is 35.5. The van der Waals surface area contributed by atoms with Crippen LogP contribution in [-0.2, 0) is 4.79 Å². The van der Waals surface area contributed by atoms with Crippen LogP contribution < -0.4 is 4.90 Å². The Morgan fingerprint density at radius 1 is 1.50 bits per heavy atom. The molecule has 0 aromatic carbocycles. The molecular weight excluding hydrogens is 247 g/mol. The fourth-order valence-corrected chi connectivity index (χ4v) is 2.35. The standard InChI is InChI=1S/C11H12Cl2N2O/c1-10(7-11(10,12)13)9(16)15(2)8-5-3-4-6-14-8/h3-6H,7H2,1-2H3/t10-/m1/s1. The van der Waals surface area contributed by atoms with Gasteiger partial charge in [-0.25, -0.2) is 4.98 Å². The maximum atomic E-state index is 12.2. The van der Waals surface area contributed by atoms with E-state index < -0.39 is 9.75 Å². The molecule has 16 heavy (non-hydrogen) atoms. The third-order valence-corrected chi connectivity index (χ3v) is 4.13. The first-order chi connectivity index (χ1) is 7.38. The highest BCUT2D eigenvalue weighted by Crippen LogP contribution is 2.64. The molecule has 1 atom stereocenters. The molecule has 86 valence electrons. The van der Waals surface area contributed by atoms with Crippen LogP contribution in [0.15, 0.2) is 24.4 Å². The average molecular weight is 259 g/mol. The zero-order chi connectivity index (χ0) is 12.0. The lowest BCUT2D eigenvalue weighted by Crippen LogP contribution is -2.35. The number of carbonyl (C=O) groups excluding carboxylic acids is 1. The van der Waals surface area contributed by atoms with Crippen LogP contribution in [-0.4, -0.2) is 22.3 Å². The van der Waals surface area contributed by atoms with Crippen molar-refractivity contribution < 1.29 is 4.79 Å². The summed E-state index contributed by atoms with van der Waals surface area (Å²) in [6.45, 7) is 1.77. The van der Waals surface area contributed by atoms with Gasteiger partial charge in [0.1, 0.15) is 10.2 Å². The second-order valence-electron chi connectivity index (χ2n) is 4.27. The third kappa shape index (κ3) is 1.68. The van der Waals surface area contributed by atoms with Gasteiger partial charge in [-0.05, 0) is 25.5 Å². The maximum Gasteiger partial charge on any atom is 0.236 e. The van der Waals surface area contributed by atoms with Crippen molar-refractivity contribution in [3.63, 3.8) is 0 Å². The Morgan fingerprint density at radius 3 is 2.56 bits per heavy atom. The van der Waals surface area contributed by atoms with Gasteiger partial charge in [0.15, 0.2) is 0 Å². The molecule has 0 N–H and O–H groups in total. The molecular formula is C11H12Cl2N2O. The SMILES string of the molecule is CN(C(=O)[C@@]1(C)CC1(Cl)Cl)c1ccccn1. The fraction of sp³-hybridized carbons (Fsp3) is 0.455. The van der Waals surface area contributed by atoms with Crippen LogP contribution in [0.25, 0.3) is 0 Å². The molecule has 3 nitrogen and oxygen atoms in total. The normalized spacial score (nSPS) is 26.2. The number of hydrogen-bond acceptors (Lipinski definition) is 2. The van der Waals surface area contributed by atoms with Crippen LogP contribution in [0, 0.1) is 5.41 Å². The molecule has 1 heterocycles. The van der Waals surface area contributed by atoms with E-state index in [1.807, 2.05) is 6.07 Å². The topological polar surface area (TPSA) is 33.2 Å². The molecule has 1 saturated carbocycles. The number of hydrogen-bond donors (Lipinski definition) is 0. The van der Waals surface area contributed by atoms with Gasteiger partial charge in [0, 0.05) is 13.2 Å². The molecule has 1 amide bonds. The van der Waals surface area contributed by atoms with Crippen LogP contribution >= 0.6 is 23.2 Å². The van der Waals surface area contributed by atoms with Crippen molar-refractivity contribution >= 4 is 34.9 Å². The van der Waals surface area contributed by atoms with E-state index in [1.54, 1.807) is 32.3 Å². The fourth-order valence-electron chi connectivity index (χ4n) is 1.66. The zero-order valence-corrected chi connectivity index (χ0v) is 10.6. The average Bonchev–Trinajstić information content (AvgIpc) is 2.79. The van der Waals surface area contributed by atoms with Crippen LogP contribution in [0.5, 0.6) is 0 Å². The van der Waals surface area contributed by atoms with Gasteiger partial charge in [0.25, 0.3) is 0 Å². The van der Waals surface area contributed by atoms with Gasteiger partial charge < -0.3 is 0 Å². The van der Waals surface area contributed by atoms with Crippen molar-refractivity contribution in [2.45, 2.75) is 17.7 Å². The Bertz CT molecular complexity index is 421. The molecule has 0 bridgehead atoms. The predicted molar refractivity (Wildman–Crippen MR) is 64.8 cm³/mol. The summed E-state index contributed by atoms with van der Waals surface area (Å²) in [4.78, 5) is 17.8. The summed E-state index contributed by atoms with van der Waals surface area (Å²) in [5, 5.41) is 0. The van der Waals surface area contributed by atoms with Gasteiger partial charge in [-0.3, -0.25) is 9.69 Å². The summed E-state index contributed by atoms with van der Waals surface area (Å²) in [6, 6.07) is 5.40. The first-order valence-corrected chi connectivity index (χ1v) is 5.71. The van der Waals surface area contributed by atoms with Gasteiger partial charge in [0.2, 0.25) is 5.91 Å². The molecule has 0 aliphatic heterocycles. The van der Waals surface area contributed by atoms with Crippen molar-refractivity contribution in [1.29, 1.82) is 0 Å². The lowest BCUT2D eigenvalue weighted by Gasteiger charge is -2.21. The van der Waals surface area contributed by atoms with Gasteiger partial charge in [0.05, 0.1) is 5.41 Å². The Kier molecular flexibility index (Phi) is 2.63. The molecule has 1 fully saturated rings. The highest BCUT2D eigenvalue weighted by Gasteiger charge is 2.68. The van der Waals surface area contributed by atoms with Crippen LogP contribution in [0.4, 0.5) is 5.82 Å². The summed E-state index contributed by atoms with van der Waals surface area (Å²) in [7, 11) is 1.68. The summed E-state index contributed by atoms with van der Waals surface area (Å²) in [5.41, 5.74) is -0.692. The largest absolute Gasteiger partial charge is 0.299 e. The van der Waals surface area contributed by atoms with E-state index in [-0.39, 0.29) is 5.91 Å². The summed E-state index contributed by atoms with van der Waals surface area (Å²) < 4.78 is -0.937. The van der Waals surface area contributed by atoms with E-state index in [4.69, 9.17) is 23.2 Å². The van der Waals surface area contributed by atoms with E-state index in [0.29, 0.717) is 12.2 Å².